The summed E-state index contributed by atoms with van der Waals surface area (Å²) in [4.78, 5) is 10.5. The fraction of sp³-hybridized carbons (Fsp3) is 0. The molecule has 0 saturated carbocycles. The van der Waals surface area contributed by atoms with E-state index in [9.17, 15) is 13.6 Å². The largest absolute Gasteiger partial charge is 0.478 e. The molecular formula is C15H10F2O3. The molecule has 1 N–H and O–H groups in total. The third-order valence-electron chi connectivity index (χ3n) is 2.42. The van der Waals surface area contributed by atoms with Crippen molar-refractivity contribution in [2.45, 2.75) is 0 Å². The van der Waals surface area contributed by atoms with E-state index in [2.05, 4.69) is 0 Å². The maximum absolute atomic E-state index is 13.2. The van der Waals surface area contributed by atoms with Crippen molar-refractivity contribution in [3.63, 3.8) is 0 Å². The molecule has 0 aliphatic rings. The van der Waals surface area contributed by atoms with Crippen molar-refractivity contribution in [3.05, 3.63) is 65.7 Å². The van der Waals surface area contributed by atoms with Crippen LogP contribution in [-0.2, 0) is 4.79 Å². The first-order valence-electron chi connectivity index (χ1n) is 5.68. The number of hydrogen-bond acceptors (Lipinski definition) is 2. The molecule has 2 rings (SSSR count). The zero-order valence-electron chi connectivity index (χ0n) is 10.2. The van der Waals surface area contributed by atoms with Gasteiger partial charge in [-0.25, -0.2) is 13.6 Å². The lowest BCUT2D eigenvalue weighted by Crippen LogP contribution is -1.91. The summed E-state index contributed by atoms with van der Waals surface area (Å²) < 4.78 is 31.4. The Morgan fingerprint density at radius 3 is 2.35 bits per heavy atom. The molecule has 102 valence electrons. The van der Waals surface area contributed by atoms with Gasteiger partial charge >= 0.3 is 5.97 Å². The third-order valence-corrected chi connectivity index (χ3v) is 2.42. The van der Waals surface area contributed by atoms with Crippen LogP contribution in [0.4, 0.5) is 8.78 Å². The summed E-state index contributed by atoms with van der Waals surface area (Å²) in [7, 11) is 0. The molecule has 2 aromatic carbocycles. The van der Waals surface area contributed by atoms with Crippen molar-refractivity contribution in [2.75, 3.05) is 0 Å². The predicted octanol–water partition coefficient (Wildman–Crippen LogP) is 3.85. The van der Waals surface area contributed by atoms with Crippen LogP contribution in [0, 0.1) is 11.6 Å². The Morgan fingerprint density at radius 1 is 1.05 bits per heavy atom. The molecule has 0 fully saturated rings. The van der Waals surface area contributed by atoms with Gasteiger partial charge in [-0.15, -0.1) is 0 Å². The monoisotopic (exact) mass is 276 g/mol. The van der Waals surface area contributed by atoms with Crippen molar-refractivity contribution >= 4 is 12.0 Å². The van der Waals surface area contributed by atoms with E-state index in [0.29, 0.717) is 5.75 Å². The van der Waals surface area contributed by atoms with E-state index in [1.165, 1.54) is 42.5 Å². The van der Waals surface area contributed by atoms with Crippen LogP contribution in [0.1, 0.15) is 5.56 Å². The van der Waals surface area contributed by atoms with Crippen LogP contribution in [-0.4, -0.2) is 11.1 Å². The van der Waals surface area contributed by atoms with Gasteiger partial charge in [0.2, 0.25) is 0 Å². The van der Waals surface area contributed by atoms with Crippen LogP contribution < -0.4 is 4.74 Å². The number of ether oxygens (including phenoxy) is 1. The molecule has 0 aliphatic carbocycles. The first kappa shape index (κ1) is 13.7. The average molecular weight is 276 g/mol. The van der Waals surface area contributed by atoms with E-state index in [1.807, 2.05) is 0 Å². The van der Waals surface area contributed by atoms with Crippen LogP contribution in [0.2, 0.25) is 0 Å². The molecule has 20 heavy (non-hydrogen) atoms. The highest BCUT2D eigenvalue weighted by Gasteiger charge is 2.05. The summed E-state index contributed by atoms with van der Waals surface area (Å²) >= 11 is 0. The molecule has 3 nitrogen and oxygen atoms in total. The van der Waals surface area contributed by atoms with Gasteiger partial charge in [-0.3, -0.25) is 0 Å². The molecular weight excluding hydrogens is 266 g/mol. The summed E-state index contributed by atoms with van der Waals surface area (Å²) in [6, 6.07) is 9.01. The normalized spacial score (nSPS) is 10.7. The van der Waals surface area contributed by atoms with Gasteiger partial charge in [0.25, 0.3) is 0 Å². The molecule has 0 saturated heterocycles. The summed E-state index contributed by atoms with van der Waals surface area (Å²) in [6.45, 7) is 0. The molecule has 0 bridgehead atoms. The lowest BCUT2D eigenvalue weighted by molar-refractivity contribution is -0.131. The van der Waals surface area contributed by atoms with Crippen LogP contribution in [0.5, 0.6) is 11.5 Å². The Balaban J connectivity index is 2.30. The van der Waals surface area contributed by atoms with E-state index < -0.39 is 17.6 Å². The van der Waals surface area contributed by atoms with Gasteiger partial charge < -0.3 is 9.84 Å². The number of halogens is 2. The number of hydrogen-bond donors (Lipinski definition) is 1. The fourth-order valence-electron chi connectivity index (χ4n) is 1.53. The zero-order valence-corrected chi connectivity index (χ0v) is 10.2. The van der Waals surface area contributed by atoms with Crippen molar-refractivity contribution < 1.29 is 23.4 Å². The SMILES string of the molecule is O=C(O)/C=C/c1cc(F)ccc1Oc1ccc(F)cc1. The highest BCUT2D eigenvalue weighted by molar-refractivity contribution is 5.85. The Bertz CT molecular complexity index is 649. The number of carboxylic acids is 1. The van der Waals surface area contributed by atoms with Crippen LogP contribution in [0.25, 0.3) is 6.08 Å². The Kier molecular flexibility index (Phi) is 4.10. The molecule has 0 unspecified atom stereocenters. The molecule has 0 heterocycles. The summed E-state index contributed by atoms with van der Waals surface area (Å²) in [5, 5.41) is 8.59. The molecule has 0 aromatic heterocycles. The number of rotatable bonds is 4. The standard InChI is InChI=1S/C15H10F2O3/c16-11-2-5-13(6-3-11)20-14-7-4-12(17)9-10(14)1-8-15(18)19/h1-9H,(H,18,19)/b8-1+. The van der Waals surface area contributed by atoms with Crippen LogP contribution >= 0.6 is 0 Å². The van der Waals surface area contributed by atoms with Crippen molar-refractivity contribution in [2.24, 2.45) is 0 Å². The second-order valence-electron chi connectivity index (χ2n) is 3.91. The Labute approximate surface area is 113 Å². The maximum atomic E-state index is 13.2. The van der Waals surface area contributed by atoms with Crippen LogP contribution in [0.3, 0.4) is 0 Å². The maximum Gasteiger partial charge on any atom is 0.328 e. The molecule has 0 aliphatic heterocycles. The van der Waals surface area contributed by atoms with Crippen molar-refractivity contribution in [1.82, 2.24) is 0 Å². The van der Waals surface area contributed by atoms with E-state index >= 15 is 0 Å². The lowest BCUT2D eigenvalue weighted by atomic mass is 10.2. The topological polar surface area (TPSA) is 46.5 Å². The second kappa shape index (κ2) is 5.97. The Hall–Kier alpha value is -2.69. The van der Waals surface area contributed by atoms with E-state index in [0.717, 1.165) is 12.1 Å². The minimum absolute atomic E-state index is 0.274. The number of aliphatic carboxylic acids is 1. The van der Waals surface area contributed by atoms with Gasteiger partial charge in [0.05, 0.1) is 0 Å². The first-order valence-corrected chi connectivity index (χ1v) is 5.68. The van der Waals surface area contributed by atoms with Gasteiger partial charge in [-0.1, -0.05) is 0 Å². The van der Waals surface area contributed by atoms with Crippen molar-refractivity contribution in [3.8, 4) is 11.5 Å². The Morgan fingerprint density at radius 2 is 1.70 bits per heavy atom. The van der Waals surface area contributed by atoms with E-state index in [1.54, 1.807) is 0 Å². The molecule has 2 aromatic rings. The minimum atomic E-state index is -1.15. The molecule has 5 heteroatoms. The minimum Gasteiger partial charge on any atom is -0.478 e. The lowest BCUT2D eigenvalue weighted by Gasteiger charge is -2.08. The fourth-order valence-corrected chi connectivity index (χ4v) is 1.53. The molecule has 0 radical (unpaired) electrons. The molecule has 0 amide bonds. The van der Waals surface area contributed by atoms with Crippen molar-refractivity contribution in [1.29, 1.82) is 0 Å². The summed E-state index contributed by atoms with van der Waals surface area (Å²) in [5.41, 5.74) is 0.275. The number of carboxylic acid groups (broad SMARTS) is 1. The van der Waals surface area contributed by atoms with Crippen LogP contribution in [0.15, 0.2) is 48.5 Å². The highest BCUT2D eigenvalue weighted by Crippen LogP contribution is 2.27. The summed E-state index contributed by atoms with van der Waals surface area (Å²) in [6.07, 6.45) is 2.11. The highest BCUT2D eigenvalue weighted by atomic mass is 19.1. The molecule has 0 atom stereocenters. The van der Waals surface area contributed by atoms with Gasteiger partial charge in [-0.05, 0) is 48.5 Å². The van der Waals surface area contributed by atoms with Gasteiger partial charge in [0, 0.05) is 11.6 Å². The number of benzene rings is 2. The van der Waals surface area contributed by atoms with Gasteiger partial charge in [0.1, 0.15) is 23.1 Å². The quantitative estimate of drug-likeness (QED) is 0.863. The number of carbonyl (C=O) groups is 1. The smallest absolute Gasteiger partial charge is 0.328 e. The van der Waals surface area contributed by atoms with Gasteiger partial charge in [0.15, 0.2) is 0 Å². The average Bonchev–Trinajstić information content (AvgIpc) is 2.41. The first-order chi connectivity index (χ1) is 9.54. The predicted molar refractivity (Wildman–Crippen MR) is 69.5 cm³/mol. The second-order valence-corrected chi connectivity index (χ2v) is 3.91. The molecule has 0 spiro atoms. The van der Waals surface area contributed by atoms with Gasteiger partial charge in [-0.2, -0.15) is 0 Å². The zero-order chi connectivity index (χ0) is 14.5. The van der Waals surface area contributed by atoms with E-state index in [-0.39, 0.29) is 11.3 Å². The van der Waals surface area contributed by atoms with E-state index in [4.69, 9.17) is 9.84 Å². The third kappa shape index (κ3) is 3.65. The summed E-state index contributed by atoms with van der Waals surface area (Å²) in [5.74, 6) is -1.43.